The van der Waals surface area contributed by atoms with E-state index in [9.17, 15) is 0 Å². The first-order valence-corrected chi connectivity index (χ1v) is 6.83. The lowest BCUT2D eigenvalue weighted by molar-refractivity contribution is 0.357. The smallest absolute Gasteiger partial charge is 0.199 e. The summed E-state index contributed by atoms with van der Waals surface area (Å²) in [7, 11) is 0. The molecule has 0 aliphatic carbocycles. The van der Waals surface area contributed by atoms with Crippen LogP contribution in [0.5, 0.6) is 0 Å². The molecule has 1 N–H and O–H groups in total. The summed E-state index contributed by atoms with van der Waals surface area (Å²) in [5.74, 6) is 4.67. The third kappa shape index (κ3) is 1.93. The van der Waals surface area contributed by atoms with Gasteiger partial charge >= 0.3 is 0 Å². The van der Waals surface area contributed by atoms with Crippen LogP contribution in [0.4, 0.5) is 0 Å². The largest absolute Gasteiger partial charge is 0.448 e. The Hall–Kier alpha value is -0.480. The lowest BCUT2D eigenvalue weighted by Crippen LogP contribution is -2.40. The summed E-state index contributed by atoms with van der Waals surface area (Å²) in [6, 6.07) is 0. The molecular formula is C11H16N2OS. The number of thioether (sulfide) groups is 1. The summed E-state index contributed by atoms with van der Waals surface area (Å²) in [5.41, 5.74) is 1.19. The third-order valence-corrected chi connectivity index (χ3v) is 4.36. The van der Waals surface area contributed by atoms with Gasteiger partial charge in [-0.3, -0.25) is 0 Å². The fraction of sp³-hybridized carbons (Fsp3) is 0.727. The first kappa shape index (κ1) is 9.73. The van der Waals surface area contributed by atoms with Crippen LogP contribution in [0.1, 0.15) is 36.3 Å². The second-order valence-corrected chi connectivity index (χ2v) is 5.58. The molecule has 3 rings (SSSR count). The molecule has 15 heavy (non-hydrogen) atoms. The van der Waals surface area contributed by atoms with Crippen molar-refractivity contribution in [2.45, 2.75) is 24.7 Å². The van der Waals surface area contributed by atoms with E-state index in [4.69, 9.17) is 4.42 Å². The Morgan fingerprint density at radius 2 is 2.07 bits per heavy atom. The van der Waals surface area contributed by atoms with Crippen LogP contribution < -0.4 is 5.32 Å². The van der Waals surface area contributed by atoms with Gasteiger partial charge in [-0.15, -0.1) is 0 Å². The number of hydrogen-bond acceptors (Lipinski definition) is 4. The monoisotopic (exact) mass is 224 g/mol. The molecule has 0 spiro atoms. The standard InChI is InChI=1S/C11H16N2OS/c1-3-15-4-2-8(1)10-7-14-11(13-10)9-5-12-6-9/h7-9,12H,1-6H2. The van der Waals surface area contributed by atoms with Gasteiger partial charge in [-0.05, 0) is 24.3 Å². The minimum Gasteiger partial charge on any atom is -0.448 e. The zero-order valence-electron chi connectivity index (χ0n) is 8.74. The molecular weight excluding hydrogens is 208 g/mol. The molecule has 0 atom stereocenters. The van der Waals surface area contributed by atoms with E-state index in [1.54, 1.807) is 0 Å². The zero-order valence-corrected chi connectivity index (χ0v) is 9.55. The molecule has 1 aromatic heterocycles. The molecule has 0 amide bonds. The van der Waals surface area contributed by atoms with Crippen LogP contribution >= 0.6 is 11.8 Å². The van der Waals surface area contributed by atoms with Crippen LogP contribution in [-0.2, 0) is 0 Å². The molecule has 2 aliphatic heterocycles. The molecule has 3 heterocycles. The van der Waals surface area contributed by atoms with E-state index in [0.717, 1.165) is 19.0 Å². The van der Waals surface area contributed by atoms with Crippen molar-refractivity contribution < 1.29 is 4.42 Å². The van der Waals surface area contributed by atoms with Crippen molar-refractivity contribution in [1.82, 2.24) is 10.3 Å². The van der Waals surface area contributed by atoms with E-state index in [0.29, 0.717) is 11.8 Å². The van der Waals surface area contributed by atoms with Crippen molar-refractivity contribution in [2.24, 2.45) is 0 Å². The average Bonchev–Trinajstić information content (AvgIpc) is 2.66. The van der Waals surface area contributed by atoms with Gasteiger partial charge in [0, 0.05) is 19.0 Å². The molecule has 1 aromatic rings. The number of nitrogens with one attached hydrogen (secondary N) is 1. The van der Waals surface area contributed by atoms with Gasteiger partial charge in [-0.1, -0.05) is 0 Å². The summed E-state index contributed by atoms with van der Waals surface area (Å²) in [4.78, 5) is 4.64. The Morgan fingerprint density at radius 3 is 2.73 bits per heavy atom. The molecule has 2 fully saturated rings. The molecule has 2 aliphatic rings. The van der Waals surface area contributed by atoms with Gasteiger partial charge in [0.25, 0.3) is 0 Å². The maximum atomic E-state index is 5.56. The molecule has 0 bridgehead atoms. The van der Waals surface area contributed by atoms with E-state index in [1.807, 2.05) is 6.26 Å². The van der Waals surface area contributed by atoms with Crippen LogP contribution in [0.2, 0.25) is 0 Å². The predicted molar refractivity (Wildman–Crippen MR) is 61.4 cm³/mol. The van der Waals surface area contributed by atoms with Gasteiger partial charge in [0.05, 0.1) is 11.6 Å². The summed E-state index contributed by atoms with van der Waals surface area (Å²) in [6.45, 7) is 2.06. The van der Waals surface area contributed by atoms with Crippen molar-refractivity contribution in [3.05, 3.63) is 17.8 Å². The zero-order chi connectivity index (χ0) is 10.1. The Bertz CT molecular complexity index is 329. The number of aromatic nitrogens is 1. The fourth-order valence-corrected chi connectivity index (χ4v) is 3.24. The highest BCUT2D eigenvalue weighted by atomic mass is 32.2. The van der Waals surface area contributed by atoms with E-state index in [2.05, 4.69) is 22.1 Å². The van der Waals surface area contributed by atoms with Gasteiger partial charge in [0.2, 0.25) is 0 Å². The first-order chi connectivity index (χ1) is 7.43. The van der Waals surface area contributed by atoms with Gasteiger partial charge < -0.3 is 9.73 Å². The van der Waals surface area contributed by atoms with E-state index >= 15 is 0 Å². The second-order valence-electron chi connectivity index (χ2n) is 4.35. The number of oxazole rings is 1. The summed E-state index contributed by atoms with van der Waals surface area (Å²) in [6.07, 6.45) is 4.41. The van der Waals surface area contributed by atoms with Crippen LogP contribution in [0, 0.1) is 0 Å². The van der Waals surface area contributed by atoms with Crippen molar-refractivity contribution in [3.8, 4) is 0 Å². The lowest BCUT2D eigenvalue weighted by atomic mass is 9.99. The van der Waals surface area contributed by atoms with Gasteiger partial charge in [0.15, 0.2) is 5.89 Å². The van der Waals surface area contributed by atoms with E-state index in [1.165, 1.54) is 30.0 Å². The van der Waals surface area contributed by atoms with Gasteiger partial charge in [-0.2, -0.15) is 11.8 Å². The molecule has 0 aromatic carbocycles. The van der Waals surface area contributed by atoms with Crippen molar-refractivity contribution in [1.29, 1.82) is 0 Å². The highest BCUT2D eigenvalue weighted by Crippen LogP contribution is 2.32. The number of rotatable bonds is 2. The SMILES string of the molecule is c1oc(C2CNC2)nc1C1CCSCC1. The molecule has 2 saturated heterocycles. The summed E-state index contributed by atoms with van der Waals surface area (Å²) in [5, 5.41) is 3.25. The fourth-order valence-electron chi connectivity index (χ4n) is 2.13. The topological polar surface area (TPSA) is 38.1 Å². The maximum absolute atomic E-state index is 5.56. The number of nitrogens with zero attached hydrogens (tertiary/aromatic N) is 1. The molecule has 0 saturated carbocycles. The first-order valence-electron chi connectivity index (χ1n) is 5.67. The minimum absolute atomic E-state index is 0.525. The molecule has 3 nitrogen and oxygen atoms in total. The molecule has 4 heteroatoms. The minimum atomic E-state index is 0.525. The van der Waals surface area contributed by atoms with E-state index in [-0.39, 0.29) is 0 Å². The van der Waals surface area contributed by atoms with E-state index < -0.39 is 0 Å². The molecule has 82 valence electrons. The highest BCUT2D eigenvalue weighted by Gasteiger charge is 2.26. The Labute approximate surface area is 94.0 Å². The Balaban J connectivity index is 1.71. The van der Waals surface area contributed by atoms with Crippen molar-refractivity contribution >= 4 is 11.8 Å². The Kier molecular flexibility index (Phi) is 2.71. The van der Waals surface area contributed by atoms with Crippen molar-refractivity contribution in [2.75, 3.05) is 24.6 Å². The lowest BCUT2D eigenvalue weighted by Gasteiger charge is -2.23. The average molecular weight is 224 g/mol. The summed E-state index contributed by atoms with van der Waals surface area (Å²) >= 11 is 2.05. The van der Waals surface area contributed by atoms with Crippen LogP contribution in [0.15, 0.2) is 10.7 Å². The normalized spacial score (nSPS) is 24.0. The number of hydrogen-bond donors (Lipinski definition) is 1. The second kappa shape index (κ2) is 4.18. The molecule has 0 radical (unpaired) electrons. The predicted octanol–water partition coefficient (Wildman–Crippen LogP) is 1.97. The highest BCUT2D eigenvalue weighted by molar-refractivity contribution is 7.99. The summed E-state index contributed by atoms with van der Waals surface area (Å²) < 4.78 is 5.56. The van der Waals surface area contributed by atoms with Crippen LogP contribution in [-0.4, -0.2) is 29.6 Å². The molecule has 0 unspecified atom stereocenters. The third-order valence-electron chi connectivity index (χ3n) is 3.31. The van der Waals surface area contributed by atoms with Crippen LogP contribution in [0.25, 0.3) is 0 Å². The maximum Gasteiger partial charge on any atom is 0.199 e. The van der Waals surface area contributed by atoms with Gasteiger partial charge in [0.1, 0.15) is 6.26 Å². The van der Waals surface area contributed by atoms with Crippen molar-refractivity contribution in [3.63, 3.8) is 0 Å². The Morgan fingerprint density at radius 1 is 1.27 bits per heavy atom. The van der Waals surface area contributed by atoms with Gasteiger partial charge in [-0.25, -0.2) is 4.98 Å². The van der Waals surface area contributed by atoms with Crippen LogP contribution in [0.3, 0.4) is 0 Å². The quantitative estimate of drug-likeness (QED) is 0.833.